The van der Waals surface area contributed by atoms with Gasteiger partial charge in [-0.15, -0.1) is 0 Å². The molecule has 0 radical (unpaired) electrons. The second-order valence-electron chi connectivity index (χ2n) is 5.89. The van der Waals surface area contributed by atoms with Crippen molar-refractivity contribution in [2.75, 3.05) is 23.4 Å². The van der Waals surface area contributed by atoms with Crippen LogP contribution in [-0.2, 0) is 14.3 Å². The van der Waals surface area contributed by atoms with E-state index in [1.165, 1.54) is 11.0 Å². The van der Waals surface area contributed by atoms with Crippen LogP contribution in [0, 0.1) is 11.6 Å². The van der Waals surface area contributed by atoms with E-state index in [1.807, 2.05) is 5.32 Å². The van der Waals surface area contributed by atoms with Crippen molar-refractivity contribution in [3.63, 3.8) is 0 Å². The zero-order valence-corrected chi connectivity index (χ0v) is 14.2. The molecule has 2 aromatic carbocycles. The summed E-state index contributed by atoms with van der Waals surface area (Å²) in [5, 5.41) is 2.03. The van der Waals surface area contributed by atoms with E-state index in [2.05, 4.69) is 0 Å². The molecule has 1 heterocycles. The van der Waals surface area contributed by atoms with Gasteiger partial charge in [0.25, 0.3) is 5.91 Å². The Hall–Kier alpha value is -3.29. The number of hydrogen-bond donors (Lipinski definition) is 1. The van der Waals surface area contributed by atoms with Gasteiger partial charge in [0.15, 0.2) is 6.61 Å². The summed E-state index contributed by atoms with van der Waals surface area (Å²) in [6.07, 6.45) is 1.10. The van der Waals surface area contributed by atoms with Gasteiger partial charge in [0.2, 0.25) is 5.91 Å². The number of carbonyl (C=O) groups is 3. The maximum absolute atomic E-state index is 13.5. The summed E-state index contributed by atoms with van der Waals surface area (Å²) in [5.41, 5.74) is -0.0650. The first-order valence-corrected chi connectivity index (χ1v) is 8.28. The number of esters is 1. The lowest BCUT2D eigenvalue weighted by atomic mass is 10.1. The third kappa shape index (κ3) is 4.11. The van der Waals surface area contributed by atoms with E-state index in [-0.39, 0.29) is 11.5 Å². The van der Waals surface area contributed by atoms with E-state index in [0.29, 0.717) is 25.1 Å². The van der Waals surface area contributed by atoms with Gasteiger partial charge in [0.05, 0.1) is 11.3 Å². The Balaban J connectivity index is 1.66. The molecule has 3 rings (SSSR count). The first-order chi connectivity index (χ1) is 13.0. The average Bonchev–Trinajstić information content (AvgIpc) is 3.08. The first-order valence-electron chi connectivity index (χ1n) is 8.28. The lowest BCUT2D eigenvalue weighted by Gasteiger charge is -2.18. The molecule has 1 saturated heterocycles. The minimum atomic E-state index is -0.937. The third-order valence-corrected chi connectivity index (χ3v) is 4.05. The molecule has 140 valence electrons. The quantitative estimate of drug-likeness (QED) is 0.817. The Morgan fingerprint density at radius 1 is 1.07 bits per heavy atom. The normalized spacial score (nSPS) is 13.6. The maximum atomic E-state index is 13.5. The number of benzene rings is 2. The number of rotatable bonds is 5. The lowest BCUT2D eigenvalue weighted by Crippen LogP contribution is -2.27. The molecule has 6 nitrogen and oxygen atoms in total. The number of carbonyl (C=O) groups excluding carboxylic acids is 3. The van der Waals surface area contributed by atoms with Crippen LogP contribution in [0.15, 0.2) is 42.5 Å². The van der Waals surface area contributed by atoms with Crippen molar-refractivity contribution in [2.24, 2.45) is 0 Å². The van der Waals surface area contributed by atoms with Crippen LogP contribution < -0.4 is 10.2 Å². The van der Waals surface area contributed by atoms with Gasteiger partial charge in [-0.1, -0.05) is 18.2 Å². The Morgan fingerprint density at radius 2 is 1.78 bits per heavy atom. The van der Waals surface area contributed by atoms with Crippen LogP contribution in [-0.4, -0.2) is 30.9 Å². The summed E-state index contributed by atoms with van der Waals surface area (Å²) < 4.78 is 32.0. The van der Waals surface area contributed by atoms with Crippen LogP contribution in [0.2, 0.25) is 0 Å². The molecule has 1 aliphatic rings. The molecule has 1 aliphatic heterocycles. The van der Waals surface area contributed by atoms with E-state index in [9.17, 15) is 23.2 Å². The number of nitrogens with zero attached hydrogens (tertiary/aromatic N) is 1. The fourth-order valence-corrected chi connectivity index (χ4v) is 2.79. The van der Waals surface area contributed by atoms with Crippen molar-refractivity contribution >= 4 is 29.2 Å². The topological polar surface area (TPSA) is 75.7 Å². The van der Waals surface area contributed by atoms with Gasteiger partial charge < -0.3 is 15.0 Å². The van der Waals surface area contributed by atoms with Gasteiger partial charge in [-0.25, -0.2) is 13.6 Å². The van der Waals surface area contributed by atoms with Crippen LogP contribution >= 0.6 is 0 Å². The Kier molecular flexibility index (Phi) is 5.44. The second-order valence-corrected chi connectivity index (χ2v) is 5.89. The smallest absolute Gasteiger partial charge is 0.340 e. The predicted molar refractivity (Wildman–Crippen MR) is 93.3 cm³/mol. The SMILES string of the molecule is O=C(COC(=O)c1ccccc1N1CCCC1=O)Nc1c(F)cccc1F. The van der Waals surface area contributed by atoms with E-state index >= 15 is 0 Å². The highest BCUT2D eigenvalue weighted by molar-refractivity contribution is 6.04. The number of halogens is 2. The van der Waals surface area contributed by atoms with Gasteiger partial charge in [-0.3, -0.25) is 9.59 Å². The van der Waals surface area contributed by atoms with E-state index in [4.69, 9.17) is 4.74 Å². The molecule has 0 bridgehead atoms. The number of amides is 2. The van der Waals surface area contributed by atoms with Crippen LogP contribution in [0.25, 0.3) is 0 Å². The molecule has 0 spiro atoms. The van der Waals surface area contributed by atoms with E-state index in [1.54, 1.807) is 18.2 Å². The van der Waals surface area contributed by atoms with E-state index in [0.717, 1.165) is 18.2 Å². The molecular formula is C19H16F2N2O4. The van der Waals surface area contributed by atoms with Gasteiger partial charge >= 0.3 is 5.97 Å². The highest BCUT2D eigenvalue weighted by Crippen LogP contribution is 2.26. The number of hydrogen-bond acceptors (Lipinski definition) is 4. The predicted octanol–water partition coefficient (Wildman–Crippen LogP) is 2.89. The standard InChI is InChI=1S/C19H16F2N2O4/c20-13-6-3-7-14(21)18(13)22-16(24)11-27-19(26)12-5-1-2-8-15(12)23-10-4-9-17(23)25/h1-3,5-8H,4,9-11H2,(H,22,24). The fourth-order valence-electron chi connectivity index (χ4n) is 2.79. The summed E-state index contributed by atoms with van der Waals surface area (Å²) in [7, 11) is 0. The molecular weight excluding hydrogens is 358 g/mol. The molecule has 2 aromatic rings. The number of anilines is 2. The number of ether oxygens (including phenoxy) is 1. The molecule has 0 unspecified atom stereocenters. The van der Waals surface area contributed by atoms with Crippen LogP contribution in [0.4, 0.5) is 20.2 Å². The molecule has 0 saturated carbocycles. The van der Waals surface area contributed by atoms with Crippen molar-refractivity contribution in [1.29, 1.82) is 0 Å². The Bertz CT molecular complexity index is 881. The zero-order chi connectivity index (χ0) is 19.4. The minimum absolute atomic E-state index is 0.0944. The molecule has 1 N–H and O–H groups in total. The number of para-hydroxylation sites is 2. The summed E-state index contributed by atoms with van der Waals surface area (Å²) in [5.74, 6) is -3.67. The lowest BCUT2D eigenvalue weighted by molar-refractivity contribution is -0.119. The molecule has 8 heteroatoms. The average molecular weight is 374 g/mol. The Labute approximate surface area is 153 Å². The monoisotopic (exact) mass is 374 g/mol. The minimum Gasteiger partial charge on any atom is -0.452 e. The molecule has 1 fully saturated rings. The van der Waals surface area contributed by atoms with Crippen molar-refractivity contribution in [1.82, 2.24) is 0 Å². The molecule has 27 heavy (non-hydrogen) atoms. The van der Waals surface area contributed by atoms with Gasteiger partial charge in [-0.2, -0.15) is 0 Å². The molecule has 0 atom stereocenters. The van der Waals surface area contributed by atoms with Gasteiger partial charge in [0, 0.05) is 13.0 Å². The van der Waals surface area contributed by atoms with Crippen LogP contribution in [0.5, 0.6) is 0 Å². The molecule has 0 aliphatic carbocycles. The highest BCUT2D eigenvalue weighted by Gasteiger charge is 2.26. The second kappa shape index (κ2) is 7.94. The summed E-state index contributed by atoms with van der Waals surface area (Å²) in [4.78, 5) is 37.6. The van der Waals surface area contributed by atoms with Gasteiger partial charge in [-0.05, 0) is 30.7 Å². The van der Waals surface area contributed by atoms with Gasteiger partial charge in [0.1, 0.15) is 17.3 Å². The van der Waals surface area contributed by atoms with Crippen molar-refractivity contribution in [3.8, 4) is 0 Å². The summed E-state index contributed by atoms with van der Waals surface area (Å²) in [6.45, 7) is -0.231. The Morgan fingerprint density at radius 3 is 2.44 bits per heavy atom. The largest absolute Gasteiger partial charge is 0.452 e. The maximum Gasteiger partial charge on any atom is 0.340 e. The summed E-state index contributed by atoms with van der Waals surface area (Å²) in [6, 6.07) is 9.55. The van der Waals surface area contributed by atoms with Crippen LogP contribution in [0.1, 0.15) is 23.2 Å². The van der Waals surface area contributed by atoms with Crippen LogP contribution in [0.3, 0.4) is 0 Å². The zero-order valence-electron chi connectivity index (χ0n) is 14.2. The van der Waals surface area contributed by atoms with Crippen molar-refractivity contribution in [2.45, 2.75) is 12.8 Å². The van der Waals surface area contributed by atoms with Crippen molar-refractivity contribution in [3.05, 3.63) is 59.7 Å². The molecule has 0 aromatic heterocycles. The van der Waals surface area contributed by atoms with Crippen molar-refractivity contribution < 1.29 is 27.9 Å². The van der Waals surface area contributed by atoms with E-state index < -0.39 is 35.8 Å². The highest BCUT2D eigenvalue weighted by atomic mass is 19.1. The molecule has 2 amide bonds. The summed E-state index contributed by atoms with van der Waals surface area (Å²) >= 11 is 0. The fraction of sp³-hybridized carbons (Fsp3) is 0.211. The first kappa shape index (κ1) is 18.5. The third-order valence-electron chi connectivity index (χ3n) is 4.05. The number of nitrogens with one attached hydrogen (secondary N) is 1.